The normalized spacial score (nSPS) is 14.6. The van der Waals surface area contributed by atoms with Gasteiger partial charge in [-0.2, -0.15) is 4.31 Å². The molecule has 0 bridgehead atoms. The van der Waals surface area contributed by atoms with Gasteiger partial charge in [-0.3, -0.25) is 4.79 Å². The van der Waals surface area contributed by atoms with E-state index >= 15 is 0 Å². The Morgan fingerprint density at radius 2 is 1.87 bits per heavy atom. The fraction of sp³-hybridized carbons (Fsp3) is 0.467. The van der Waals surface area contributed by atoms with Crippen molar-refractivity contribution in [2.75, 3.05) is 20.2 Å². The molecule has 0 aliphatic heterocycles. The summed E-state index contributed by atoms with van der Waals surface area (Å²) < 4.78 is 30.6. The van der Waals surface area contributed by atoms with Crippen LogP contribution in [0.5, 0.6) is 0 Å². The Labute approximate surface area is 135 Å². The molecule has 1 N–H and O–H groups in total. The highest BCUT2D eigenvalue weighted by Crippen LogP contribution is 2.19. The molecule has 0 heterocycles. The van der Waals surface area contributed by atoms with E-state index in [1.54, 1.807) is 6.92 Å². The van der Waals surface area contributed by atoms with Crippen molar-refractivity contribution in [2.45, 2.75) is 30.7 Å². The number of rotatable bonds is 7. The fourth-order valence-electron chi connectivity index (χ4n) is 1.95. The number of ether oxygens (including phenoxy) is 1. The molecular formula is C15H20N2O5S. The minimum absolute atomic E-state index is 0.0206. The Morgan fingerprint density at radius 1 is 1.26 bits per heavy atom. The van der Waals surface area contributed by atoms with E-state index in [0.29, 0.717) is 0 Å². The van der Waals surface area contributed by atoms with Gasteiger partial charge in [-0.05, 0) is 44.0 Å². The summed E-state index contributed by atoms with van der Waals surface area (Å²) in [6.45, 7) is 1.70. The van der Waals surface area contributed by atoms with Gasteiger partial charge in [0.2, 0.25) is 15.9 Å². The first-order valence-electron chi connectivity index (χ1n) is 7.37. The van der Waals surface area contributed by atoms with Gasteiger partial charge in [0.25, 0.3) is 0 Å². The highest BCUT2D eigenvalue weighted by atomic mass is 32.2. The molecule has 1 aromatic carbocycles. The number of hydrogen-bond donors (Lipinski definition) is 1. The van der Waals surface area contributed by atoms with Gasteiger partial charge in [0.1, 0.15) is 0 Å². The lowest BCUT2D eigenvalue weighted by Gasteiger charge is -2.17. The topological polar surface area (TPSA) is 92.8 Å². The third-order valence-corrected chi connectivity index (χ3v) is 5.20. The minimum Gasteiger partial charge on any atom is -0.462 e. The highest BCUT2D eigenvalue weighted by Gasteiger charge is 2.27. The number of likely N-dealkylation sites (N-methyl/N-ethyl adjacent to an activating group) is 1. The second-order valence-electron chi connectivity index (χ2n) is 5.35. The average molecular weight is 340 g/mol. The molecule has 1 aliphatic rings. The van der Waals surface area contributed by atoms with E-state index < -0.39 is 16.0 Å². The van der Waals surface area contributed by atoms with E-state index in [9.17, 15) is 18.0 Å². The second-order valence-corrected chi connectivity index (χ2v) is 7.39. The Kier molecular flexibility index (Phi) is 5.38. The number of carbonyl (C=O) groups excluding carboxylic acids is 2. The van der Waals surface area contributed by atoms with Crippen LogP contribution < -0.4 is 5.32 Å². The number of esters is 1. The first-order valence-corrected chi connectivity index (χ1v) is 8.81. The molecule has 8 heteroatoms. The number of nitrogens with one attached hydrogen (secondary N) is 1. The van der Waals surface area contributed by atoms with E-state index in [1.165, 1.54) is 31.3 Å². The minimum atomic E-state index is -3.78. The van der Waals surface area contributed by atoms with E-state index in [0.717, 1.165) is 17.1 Å². The third kappa shape index (κ3) is 4.52. The number of amides is 1. The standard InChI is InChI=1S/C15H20N2O5S/c1-3-22-15(19)11-4-8-13(9-5-11)23(20,21)17(2)10-14(18)16-12-6-7-12/h4-5,8-9,12H,3,6-7,10H2,1-2H3,(H,16,18). The first kappa shape index (κ1) is 17.4. The van der Waals surface area contributed by atoms with Gasteiger partial charge in [0.05, 0.1) is 23.6 Å². The lowest BCUT2D eigenvalue weighted by atomic mass is 10.2. The smallest absolute Gasteiger partial charge is 0.338 e. The van der Waals surface area contributed by atoms with E-state index in [-0.39, 0.29) is 35.6 Å². The molecule has 0 spiro atoms. The molecule has 7 nitrogen and oxygen atoms in total. The second kappa shape index (κ2) is 7.10. The molecule has 0 radical (unpaired) electrons. The predicted molar refractivity (Wildman–Crippen MR) is 83.4 cm³/mol. The van der Waals surface area contributed by atoms with Gasteiger partial charge in [-0.1, -0.05) is 0 Å². The van der Waals surface area contributed by atoms with Crippen molar-refractivity contribution in [1.82, 2.24) is 9.62 Å². The lowest BCUT2D eigenvalue weighted by molar-refractivity contribution is -0.121. The van der Waals surface area contributed by atoms with Gasteiger partial charge in [0, 0.05) is 13.1 Å². The van der Waals surface area contributed by atoms with Gasteiger partial charge < -0.3 is 10.1 Å². The van der Waals surface area contributed by atoms with Crippen LogP contribution in [0.25, 0.3) is 0 Å². The molecule has 1 aliphatic carbocycles. The van der Waals surface area contributed by atoms with Crippen LogP contribution in [0.1, 0.15) is 30.1 Å². The predicted octanol–water partition coefficient (Wildman–Crippen LogP) is 0.762. The van der Waals surface area contributed by atoms with Crippen molar-refractivity contribution in [3.05, 3.63) is 29.8 Å². The summed E-state index contributed by atoms with van der Waals surface area (Å²) in [6, 6.07) is 5.63. The van der Waals surface area contributed by atoms with E-state index in [1.807, 2.05) is 0 Å². The third-order valence-electron chi connectivity index (χ3n) is 3.38. The maximum absolute atomic E-state index is 12.4. The maximum atomic E-state index is 12.4. The van der Waals surface area contributed by atoms with Gasteiger partial charge in [-0.15, -0.1) is 0 Å². The molecule has 1 aromatic rings. The molecule has 0 atom stereocenters. The number of sulfonamides is 1. The van der Waals surface area contributed by atoms with Crippen molar-refractivity contribution in [1.29, 1.82) is 0 Å². The molecule has 126 valence electrons. The van der Waals surface area contributed by atoms with Crippen molar-refractivity contribution >= 4 is 21.9 Å². The van der Waals surface area contributed by atoms with E-state index in [4.69, 9.17) is 4.74 Å². The van der Waals surface area contributed by atoms with Crippen LogP contribution in [-0.4, -0.2) is 50.8 Å². The van der Waals surface area contributed by atoms with Gasteiger partial charge >= 0.3 is 5.97 Å². The fourth-order valence-corrected chi connectivity index (χ4v) is 3.07. The van der Waals surface area contributed by atoms with Crippen molar-refractivity contribution < 1.29 is 22.7 Å². The average Bonchev–Trinajstić information content (AvgIpc) is 3.31. The molecule has 0 aromatic heterocycles. The molecule has 0 saturated heterocycles. The number of carbonyl (C=O) groups is 2. The first-order chi connectivity index (χ1) is 10.8. The molecule has 1 amide bonds. The summed E-state index contributed by atoms with van der Waals surface area (Å²) >= 11 is 0. The van der Waals surface area contributed by atoms with Crippen LogP contribution in [0.3, 0.4) is 0 Å². The molecular weight excluding hydrogens is 320 g/mol. The SMILES string of the molecule is CCOC(=O)c1ccc(S(=O)(=O)N(C)CC(=O)NC2CC2)cc1. The highest BCUT2D eigenvalue weighted by molar-refractivity contribution is 7.89. The van der Waals surface area contributed by atoms with Crippen LogP contribution in [0, 0.1) is 0 Å². The Hall–Kier alpha value is -1.93. The van der Waals surface area contributed by atoms with Crippen molar-refractivity contribution in [2.24, 2.45) is 0 Å². The molecule has 1 saturated carbocycles. The molecule has 2 rings (SSSR count). The Balaban J connectivity index is 2.05. The van der Waals surface area contributed by atoms with Crippen molar-refractivity contribution in [3.8, 4) is 0 Å². The molecule has 0 unspecified atom stereocenters. The summed E-state index contributed by atoms with van der Waals surface area (Å²) in [6.07, 6.45) is 1.88. The zero-order chi connectivity index (χ0) is 17.0. The van der Waals surface area contributed by atoms with E-state index in [2.05, 4.69) is 5.32 Å². The molecule has 23 heavy (non-hydrogen) atoms. The van der Waals surface area contributed by atoms with Crippen LogP contribution >= 0.6 is 0 Å². The zero-order valence-corrected chi connectivity index (χ0v) is 13.9. The number of benzene rings is 1. The number of hydrogen-bond acceptors (Lipinski definition) is 5. The number of nitrogens with zero attached hydrogens (tertiary/aromatic N) is 1. The zero-order valence-electron chi connectivity index (χ0n) is 13.1. The summed E-state index contributed by atoms with van der Waals surface area (Å²) in [4.78, 5) is 23.3. The summed E-state index contributed by atoms with van der Waals surface area (Å²) in [7, 11) is -2.44. The summed E-state index contributed by atoms with van der Waals surface area (Å²) in [5.74, 6) is -0.824. The summed E-state index contributed by atoms with van der Waals surface area (Å²) in [5, 5.41) is 2.74. The Morgan fingerprint density at radius 3 is 2.39 bits per heavy atom. The molecule has 1 fully saturated rings. The monoisotopic (exact) mass is 340 g/mol. The van der Waals surface area contributed by atoms with Crippen LogP contribution in [-0.2, 0) is 19.6 Å². The van der Waals surface area contributed by atoms with Crippen molar-refractivity contribution in [3.63, 3.8) is 0 Å². The Bertz CT molecular complexity index is 680. The van der Waals surface area contributed by atoms with Gasteiger partial charge in [-0.25, -0.2) is 13.2 Å². The quantitative estimate of drug-likeness (QED) is 0.740. The van der Waals surface area contributed by atoms with Crippen LogP contribution in [0.2, 0.25) is 0 Å². The largest absolute Gasteiger partial charge is 0.462 e. The lowest BCUT2D eigenvalue weighted by Crippen LogP contribution is -2.39. The summed E-state index contributed by atoms with van der Waals surface area (Å²) in [5.41, 5.74) is 0.278. The van der Waals surface area contributed by atoms with Crippen LogP contribution in [0.4, 0.5) is 0 Å². The van der Waals surface area contributed by atoms with Crippen LogP contribution in [0.15, 0.2) is 29.2 Å². The van der Waals surface area contributed by atoms with Gasteiger partial charge in [0.15, 0.2) is 0 Å². The maximum Gasteiger partial charge on any atom is 0.338 e.